The van der Waals surface area contributed by atoms with Crippen molar-refractivity contribution in [3.05, 3.63) is 58.6 Å². The predicted octanol–water partition coefficient (Wildman–Crippen LogP) is 7.80. The number of fused-ring (bicyclic) bond motifs is 2. The molecule has 1 aliphatic rings. The van der Waals surface area contributed by atoms with Gasteiger partial charge in [-0.2, -0.15) is 4.57 Å². The molecule has 2 atom stereocenters. The molecule has 0 bridgehead atoms. The van der Waals surface area contributed by atoms with Crippen LogP contribution in [-0.4, -0.2) is 38.2 Å². The summed E-state index contributed by atoms with van der Waals surface area (Å²) in [6, 6.07) is 11.9. The molecule has 2 heterocycles. The Kier molecular flexibility index (Phi) is 9.75. The van der Waals surface area contributed by atoms with E-state index in [9.17, 15) is 9.59 Å². The molecular weight excluding hydrogens is 796 g/mol. The van der Waals surface area contributed by atoms with Crippen molar-refractivity contribution < 1.29 is 14.2 Å². The number of nitrogens with zero attached hydrogens (tertiary/aromatic N) is 2. The molecule has 2 aromatic carbocycles. The second-order valence-electron chi connectivity index (χ2n) is 9.46. The minimum atomic E-state index is -0.674. The molecule has 2 amide bonds. The highest BCUT2D eigenvalue weighted by atomic mass is 79.9. The lowest BCUT2D eigenvalue weighted by Crippen LogP contribution is -2.35. The van der Waals surface area contributed by atoms with Gasteiger partial charge in [0.15, 0.2) is 0 Å². The van der Waals surface area contributed by atoms with Crippen LogP contribution in [-0.2, 0) is 16.6 Å². The lowest BCUT2D eigenvalue weighted by Gasteiger charge is -2.19. The van der Waals surface area contributed by atoms with Crippen molar-refractivity contribution in [2.24, 2.45) is 7.05 Å². The smallest absolute Gasteiger partial charge is 0.262 e. The fourth-order valence-corrected chi connectivity index (χ4v) is 6.56. The first-order valence-electron chi connectivity index (χ1n) is 11.9. The average Bonchev–Trinajstić information content (AvgIpc) is 3.38. The summed E-state index contributed by atoms with van der Waals surface area (Å²) in [6.07, 6.45) is 6.24. The molecule has 0 spiro atoms. The Morgan fingerprint density at radius 1 is 1.00 bits per heavy atom. The molecule has 0 fully saturated rings. The normalized spacial score (nSPS) is 17.3. The lowest BCUT2D eigenvalue weighted by atomic mass is 10.2. The molecule has 0 saturated carbocycles. The number of halogens is 4. The fourth-order valence-electron chi connectivity index (χ4n) is 3.65. The fraction of sp³-hybridized carbons (Fsp3) is 0.296. The van der Waals surface area contributed by atoms with Crippen LogP contribution in [0.5, 0.6) is 0 Å². The highest BCUT2D eigenvalue weighted by Gasteiger charge is 2.30. The molecule has 12 heteroatoms. The quantitative estimate of drug-likeness (QED) is 0.180. The Morgan fingerprint density at radius 3 is 2.21 bits per heavy atom. The summed E-state index contributed by atoms with van der Waals surface area (Å²) in [5.74, 6) is -0.193. The van der Waals surface area contributed by atoms with Crippen molar-refractivity contribution >= 4 is 132 Å². The SMILES string of the molecule is CN1C(=CC=Cc2sc3cc(NC(=O)C(C)(Br)CBr)ccc3[n+]2C)Sc2cc(NC(=O)C(C)(Br)CBr)ccc21. The number of carbonyl (C=O) groups excluding carboxylic acids is 2. The van der Waals surface area contributed by atoms with Gasteiger partial charge in [0.05, 0.1) is 10.7 Å². The van der Waals surface area contributed by atoms with E-state index < -0.39 is 8.65 Å². The number of aromatic nitrogens is 1. The number of alkyl halides is 4. The Balaban J connectivity index is 1.48. The Morgan fingerprint density at radius 2 is 1.59 bits per heavy atom. The van der Waals surface area contributed by atoms with Crippen molar-refractivity contribution in [1.29, 1.82) is 0 Å². The van der Waals surface area contributed by atoms with Crippen molar-refractivity contribution in [2.75, 3.05) is 33.2 Å². The molecule has 2 N–H and O–H groups in total. The first-order valence-corrected chi connectivity index (χ1v) is 17.3. The molecule has 206 valence electrons. The van der Waals surface area contributed by atoms with Gasteiger partial charge in [0.25, 0.3) is 5.01 Å². The predicted molar refractivity (Wildman–Crippen MR) is 180 cm³/mol. The van der Waals surface area contributed by atoms with Crippen molar-refractivity contribution in [3.8, 4) is 0 Å². The van der Waals surface area contributed by atoms with E-state index in [4.69, 9.17) is 0 Å². The summed E-state index contributed by atoms with van der Waals surface area (Å²) in [5.41, 5.74) is 3.73. The number of aryl methyl sites for hydroxylation is 1. The van der Waals surface area contributed by atoms with E-state index in [1.165, 1.54) is 0 Å². The second kappa shape index (κ2) is 12.4. The third-order valence-electron chi connectivity index (χ3n) is 6.17. The molecule has 0 saturated heterocycles. The number of nitrogens with one attached hydrogen (secondary N) is 2. The summed E-state index contributed by atoms with van der Waals surface area (Å²) in [7, 11) is 4.08. The van der Waals surface area contributed by atoms with E-state index in [0.29, 0.717) is 10.7 Å². The summed E-state index contributed by atoms with van der Waals surface area (Å²) < 4.78 is 1.89. The van der Waals surface area contributed by atoms with E-state index in [1.54, 1.807) is 23.1 Å². The summed E-state index contributed by atoms with van der Waals surface area (Å²) >= 11 is 17.0. The number of rotatable bonds is 8. The molecule has 1 aromatic heterocycles. The van der Waals surface area contributed by atoms with E-state index in [2.05, 4.69) is 102 Å². The summed E-state index contributed by atoms with van der Waals surface area (Å²) in [4.78, 5) is 28.3. The number of amides is 2. The maximum Gasteiger partial charge on any atom is 0.262 e. The number of hydrogen-bond acceptors (Lipinski definition) is 5. The average molecular weight is 823 g/mol. The van der Waals surface area contributed by atoms with Gasteiger partial charge in [-0.15, -0.1) is 0 Å². The molecular formula is C27H27Br4N4O2S2+. The van der Waals surface area contributed by atoms with Gasteiger partial charge in [0, 0.05) is 46.1 Å². The minimum Gasteiger partial charge on any atom is -0.338 e. The van der Waals surface area contributed by atoms with E-state index >= 15 is 0 Å². The van der Waals surface area contributed by atoms with Crippen LogP contribution in [0.25, 0.3) is 16.3 Å². The van der Waals surface area contributed by atoms with E-state index in [-0.39, 0.29) is 11.8 Å². The van der Waals surface area contributed by atoms with Crippen molar-refractivity contribution in [2.45, 2.75) is 27.4 Å². The summed E-state index contributed by atoms with van der Waals surface area (Å²) in [5, 5.41) is 9.19. The Labute approximate surface area is 270 Å². The van der Waals surface area contributed by atoms with Crippen molar-refractivity contribution in [1.82, 2.24) is 0 Å². The first-order chi connectivity index (χ1) is 18.4. The van der Waals surface area contributed by atoms with Gasteiger partial charge in [0.1, 0.15) is 20.4 Å². The topological polar surface area (TPSA) is 65.3 Å². The lowest BCUT2D eigenvalue weighted by molar-refractivity contribution is -0.642. The number of hydrogen-bond donors (Lipinski definition) is 2. The highest BCUT2D eigenvalue weighted by Crippen LogP contribution is 2.46. The maximum atomic E-state index is 12.5. The highest BCUT2D eigenvalue weighted by molar-refractivity contribution is 9.13. The van der Waals surface area contributed by atoms with Crippen LogP contribution in [0, 0.1) is 0 Å². The van der Waals surface area contributed by atoms with E-state index in [0.717, 1.165) is 42.2 Å². The molecule has 0 radical (unpaired) electrons. The number of anilines is 3. The van der Waals surface area contributed by atoms with Crippen LogP contribution < -0.4 is 20.1 Å². The molecule has 1 aliphatic heterocycles. The van der Waals surface area contributed by atoms with Gasteiger partial charge in [-0.05, 0) is 50.3 Å². The number of allylic oxidation sites excluding steroid dienone is 2. The van der Waals surface area contributed by atoms with E-state index in [1.807, 2.05) is 64.3 Å². The molecule has 39 heavy (non-hydrogen) atoms. The van der Waals surface area contributed by atoms with Crippen LogP contribution in [0.2, 0.25) is 0 Å². The van der Waals surface area contributed by atoms with Crippen LogP contribution in [0.3, 0.4) is 0 Å². The van der Waals surface area contributed by atoms with Gasteiger partial charge in [-0.1, -0.05) is 92.9 Å². The Hall–Kier alpha value is -1.18. The van der Waals surface area contributed by atoms with Gasteiger partial charge in [-0.25, -0.2) is 0 Å². The third-order valence-corrected chi connectivity index (χ3v) is 13.5. The zero-order valence-electron chi connectivity index (χ0n) is 21.6. The molecule has 0 aliphatic carbocycles. The zero-order chi connectivity index (χ0) is 28.5. The number of benzene rings is 2. The standard InChI is InChI=1S/C27H26Br4N4O2S2/c1-26(30,14-28)24(36)32-16-8-10-18-20(12-16)38-22(34(18)3)6-5-7-23-35(4)19-11-9-17(13-21(19)39-23)33-25(37)27(2,31)15-29/h5-13H,14-15H2,1-4H3,(H-,32,33,36,37)/p+1. The van der Waals surface area contributed by atoms with Gasteiger partial charge in [-0.3, -0.25) is 9.59 Å². The Bertz CT molecular complexity index is 1500. The van der Waals surface area contributed by atoms with Crippen LogP contribution in [0.15, 0.2) is 58.5 Å². The van der Waals surface area contributed by atoms with Gasteiger partial charge in [0.2, 0.25) is 17.3 Å². The number of carbonyl (C=O) groups is 2. The van der Waals surface area contributed by atoms with Crippen molar-refractivity contribution in [3.63, 3.8) is 0 Å². The largest absolute Gasteiger partial charge is 0.338 e. The molecule has 2 unspecified atom stereocenters. The molecule has 3 aromatic rings. The molecule has 4 rings (SSSR count). The third kappa shape index (κ3) is 6.83. The zero-order valence-corrected chi connectivity index (χ0v) is 29.6. The maximum absolute atomic E-state index is 12.5. The van der Waals surface area contributed by atoms with Crippen LogP contribution >= 0.6 is 86.8 Å². The number of thiazole rings is 1. The molecule has 6 nitrogen and oxygen atoms in total. The summed E-state index contributed by atoms with van der Waals surface area (Å²) in [6.45, 7) is 3.66. The monoisotopic (exact) mass is 819 g/mol. The van der Waals surface area contributed by atoms with Crippen LogP contribution in [0.4, 0.5) is 17.1 Å². The minimum absolute atomic E-state index is 0.0967. The second-order valence-corrected chi connectivity index (χ2v) is 16.2. The van der Waals surface area contributed by atoms with Gasteiger partial charge < -0.3 is 15.5 Å². The first kappa shape index (κ1) is 30.8. The van der Waals surface area contributed by atoms with Crippen LogP contribution in [0.1, 0.15) is 18.9 Å². The number of thioether (sulfide) groups is 1. The van der Waals surface area contributed by atoms with Gasteiger partial charge >= 0.3 is 0 Å².